The zero-order chi connectivity index (χ0) is 14.5. The number of ether oxygens (including phenoxy) is 1. The van der Waals surface area contributed by atoms with Crippen molar-refractivity contribution in [2.24, 2.45) is 0 Å². The molecule has 0 saturated carbocycles. The van der Waals surface area contributed by atoms with E-state index in [0.717, 1.165) is 23.8 Å². The molecule has 1 aromatic heterocycles. The van der Waals surface area contributed by atoms with Gasteiger partial charge in [-0.3, -0.25) is 0 Å². The standard InChI is InChI=1S/C17H23NO2/c1-5-19-16-8-6-15(7-9-16)11-18-13(3)17-10-12(2)20-14(17)4/h6-10,13,18H,5,11H2,1-4H3. The molecule has 1 unspecified atom stereocenters. The lowest BCUT2D eigenvalue weighted by atomic mass is 10.1. The van der Waals surface area contributed by atoms with Crippen LogP contribution >= 0.6 is 0 Å². The maximum absolute atomic E-state index is 5.57. The number of furan rings is 1. The van der Waals surface area contributed by atoms with Gasteiger partial charge >= 0.3 is 0 Å². The van der Waals surface area contributed by atoms with Gasteiger partial charge in [-0.25, -0.2) is 0 Å². The van der Waals surface area contributed by atoms with Gasteiger partial charge in [-0.2, -0.15) is 0 Å². The molecule has 108 valence electrons. The Labute approximate surface area is 121 Å². The van der Waals surface area contributed by atoms with Crippen molar-refractivity contribution in [2.75, 3.05) is 6.61 Å². The molecule has 2 rings (SSSR count). The number of rotatable bonds is 6. The number of benzene rings is 1. The van der Waals surface area contributed by atoms with Crippen LogP contribution in [0.3, 0.4) is 0 Å². The van der Waals surface area contributed by atoms with E-state index >= 15 is 0 Å². The summed E-state index contributed by atoms with van der Waals surface area (Å²) in [5, 5.41) is 3.52. The predicted molar refractivity (Wildman–Crippen MR) is 81.0 cm³/mol. The normalized spacial score (nSPS) is 12.4. The molecular formula is C17H23NO2. The minimum absolute atomic E-state index is 0.277. The summed E-state index contributed by atoms with van der Waals surface area (Å²) in [6.45, 7) is 9.68. The van der Waals surface area contributed by atoms with E-state index in [1.54, 1.807) is 0 Å². The van der Waals surface area contributed by atoms with Gasteiger partial charge < -0.3 is 14.5 Å². The maximum Gasteiger partial charge on any atom is 0.119 e. The monoisotopic (exact) mass is 273 g/mol. The molecule has 1 N–H and O–H groups in total. The van der Waals surface area contributed by atoms with E-state index in [4.69, 9.17) is 9.15 Å². The third-order valence-electron chi connectivity index (χ3n) is 3.39. The molecule has 0 aliphatic rings. The Morgan fingerprint density at radius 3 is 2.45 bits per heavy atom. The third kappa shape index (κ3) is 3.64. The molecule has 0 fully saturated rings. The van der Waals surface area contributed by atoms with Crippen molar-refractivity contribution in [1.82, 2.24) is 5.32 Å². The molecule has 1 aromatic carbocycles. The average Bonchev–Trinajstić information content (AvgIpc) is 2.77. The van der Waals surface area contributed by atoms with E-state index in [2.05, 4.69) is 30.4 Å². The van der Waals surface area contributed by atoms with Crippen molar-refractivity contribution in [1.29, 1.82) is 0 Å². The van der Waals surface area contributed by atoms with E-state index in [1.165, 1.54) is 11.1 Å². The van der Waals surface area contributed by atoms with Crippen LogP contribution in [0.15, 0.2) is 34.7 Å². The second-order valence-corrected chi connectivity index (χ2v) is 5.05. The molecule has 3 nitrogen and oxygen atoms in total. The number of nitrogens with one attached hydrogen (secondary N) is 1. The van der Waals surface area contributed by atoms with Gasteiger partial charge in [-0.1, -0.05) is 12.1 Å². The van der Waals surface area contributed by atoms with Gasteiger partial charge in [0.05, 0.1) is 6.61 Å². The molecule has 3 heteroatoms. The highest BCUT2D eigenvalue weighted by molar-refractivity contribution is 5.28. The molecule has 0 amide bonds. The van der Waals surface area contributed by atoms with Crippen LogP contribution in [-0.2, 0) is 6.54 Å². The third-order valence-corrected chi connectivity index (χ3v) is 3.39. The van der Waals surface area contributed by atoms with Gasteiger partial charge in [0.1, 0.15) is 17.3 Å². The minimum Gasteiger partial charge on any atom is -0.494 e. The van der Waals surface area contributed by atoms with Crippen LogP contribution in [0, 0.1) is 13.8 Å². The second kappa shape index (κ2) is 6.62. The summed E-state index contributed by atoms with van der Waals surface area (Å²) in [5.74, 6) is 2.88. The fourth-order valence-electron chi connectivity index (χ4n) is 2.33. The van der Waals surface area contributed by atoms with Crippen molar-refractivity contribution < 1.29 is 9.15 Å². The van der Waals surface area contributed by atoms with Gasteiger partial charge in [0.15, 0.2) is 0 Å². The van der Waals surface area contributed by atoms with E-state index < -0.39 is 0 Å². The van der Waals surface area contributed by atoms with Crippen LogP contribution in [0.25, 0.3) is 0 Å². The zero-order valence-corrected chi connectivity index (χ0v) is 12.7. The van der Waals surface area contributed by atoms with Crippen LogP contribution in [0.4, 0.5) is 0 Å². The Hall–Kier alpha value is -1.74. The van der Waals surface area contributed by atoms with Crippen LogP contribution in [0.2, 0.25) is 0 Å². The number of aryl methyl sites for hydroxylation is 2. The van der Waals surface area contributed by atoms with Gasteiger partial charge in [0, 0.05) is 18.2 Å². The Morgan fingerprint density at radius 1 is 1.20 bits per heavy atom. The first-order chi connectivity index (χ1) is 9.60. The summed E-state index contributed by atoms with van der Waals surface area (Å²) in [5.41, 5.74) is 2.48. The van der Waals surface area contributed by atoms with E-state index in [0.29, 0.717) is 6.61 Å². The molecule has 1 heterocycles. The molecule has 0 aliphatic carbocycles. The fourth-order valence-corrected chi connectivity index (χ4v) is 2.33. The zero-order valence-electron chi connectivity index (χ0n) is 12.7. The average molecular weight is 273 g/mol. The summed E-state index contributed by atoms with van der Waals surface area (Å²) < 4.78 is 11.0. The Bertz CT molecular complexity index is 543. The lowest BCUT2D eigenvalue weighted by molar-refractivity contribution is 0.340. The fraction of sp³-hybridized carbons (Fsp3) is 0.412. The molecule has 1 atom stereocenters. The summed E-state index contributed by atoms with van der Waals surface area (Å²) in [6.07, 6.45) is 0. The second-order valence-electron chi connectivity index (χ2n) is 5.05. The number of hydrogen-bond acceptors (Lipinski definition) is 3. The first-order valence-corrected chi connectivity index (χ1v) is 7.12. The van der Waals surface area contributed by atoms with Crippen LogP contribution < -0.4 is 10.1 Å². The highest BCUT2D eigenvalue weighted by Gasteiger charge is 2.11. The lowest BCUT2D eigenvalue weighted by Crippen LogP contribution is -2.18. The van der Waals surface area contributed by atoms with Gasteiger partial charge in [0.25, 0.3) is 0 Å². The van der Waals surface area contributed by atoms with Crippen molar-refractivity contribution >= 4 is 0 Å². The molecule has 0 bridgehead atoms. The largest absolute Gasteiger partial charge is 0.494 e. The minimum atomic E-state index is 0.277. The van der Waals surface area contributed by atoms with E-state index in [-0.39, 0.29) is 6.04 Å². The predicted octanol–water partition coefficient (Wildman–Crippen LogP) is 4.15. The van der Waals surface area contributed by atoms with Gasteiger partial charge in [-0.05, 0) is 51.5 Å². The Balaban J connectivity index is 1.92. The summed E-state index contributed by atoms with van der Waals surface area (Å²) in [4.78, 5) is 0. The quantitative estimate of drug-likeness (QED) is 0.858. The Kier molecular flexibility index (Phi) is 4.85. The molecule has 20 heavy (non-hydrogen) atoms. The first kappa shape index (κ1) is 14.7. The smallest absolute Gasteiger partial charge is 0.119 e. The summed E-state index contributed by atoms with van der Waals surface area (Å²) in [7, 11) is 0. The number of hydrogen-bond donors (Lipinski definition) is 1. The topological polar surface area (TPSA) is 34.4 Å². The molecule has 0 spiro atoms. The van der Waals surface area contributed by atoms with Crippen molar-refractivity contribution in [2.45, 2.75) is 40.3 Å². The molecule has 0 aliphatic heterocycles. The highest BCUT2D eigenvalue weighted by atomic mass is 16.5. The van der Waals surface area contributed by atoms with Crippen molar-refractivity contribution in [3.05, 3.63) is 53.0 Å². The SMILES string of the molecule is CCOc1ccc(CNC(C)c2cc(C)oc2C)cc1. The van der Waals surface area contributed by atoms with E-state index in [1.807, 2.05) is 32.9 Å². The van der Waals surface area contributed by atoms with Gasteiger partial charge in [-0.15, -0.1) is 0 Å². The molecule has 2 aromatic rings. The van der Waals surface area contributed by atoms with Crippen molar-refractivity contribution in [3.63, 3.8) is 0 Å². The Morgan fingerprint density at radius 2 is 1.90 bits per heavy atom. The molecule has 0 radical (unpaired) electrons. The summed E-state index contributed by atoms with van der Waals surface area (Å²) >= 11 is 0. The van der Waals surface area contributed by atoms with E-state index in [9.17, 15) is 0 Å². The summed E-state index contributed by atoms with van der Waals surface area (Å²) in [6, 6.07) is 10.6. The maximum atomic E-state index is 5.57. The molecule has 0 saturated heterocycles. The van der Waals surface area contributed by atoms with Crippen LogP contribution in [0.5, 0.6) is 5.75 Å². The van der Waals surface area contributed by atoms with Crippen molar-refractivity contribution in [3.8, 4) is 5.75 Å². The van der Waals surface area contributed by atoms with Gasteiger partial charge in [0.2, 0.25) is 0 Å². The highest BCUT2D eigenvalue weighted by Crippen LogP contribution is 2.21. The first-order valence-electron chi connectivity index (χ1n) is 7.12. The molecular weight excluding hydrogens is 250 g/mol. The lowest BCUT2D eigenvalue weighted by Gasteiger charge is -2.13. The van der Waals surface area contributed by atoms with Crippen LogP contribution in [-0.4, -0.2) is 6.61 Å². The van der Waals surface area contributed by atoms with Crippen LogP contribution in [0.1, 0.15) is 42.5 Å².